The SMILES string of the molecule is CC[N+](=O)CNC1=C(OC2Cc3ccccc3C2)C(=O)/C(=C\c2cccc(C)c2)C=C=C1. The van der Waals surface area contributed by atoms with Crippen LogP contribution in [0.25, 0.3) is 6.08 Å². The third kappa shape index (κ3) is 4.96. The summed E-state index contributed by atoms with van der Waals surface area (Å²) in [7, 11) is 0. The van der Waals surface area contributed by atoms with Gasteiger partial charge in [0.2, 0.25) is 5.78 Å². The van der Waals surface area contributed by atoms with Crippen LogP contribution in [0.5, 0.6) is 0 Å². The maximum absolute atomic E-state index is 13.5. The topological polar surface area (TPSA) is 58.4 Å². The van der Waals surface area contributed by atoms with Crippen LogP contribution in [0.2, 0.25) is 0 Å². The molecule has 0 aliphatic heterocycles. The summed E-state index contributed by atoms with van der Waals surface area (Å²) in [5, 5.41) is 3.06. The van der Waals surface area contributed by atoms with Crippen molar-refractivity contribution in [3.63, 3.8) is 0 Å². The maximum Gasteiger partial charge on any atom is 0.264 e. The Morgan fingerprint density at radius 3 is 2.56 bits per heavy atom. The second-order valence-corrected chi connectivity index (χ2v) is 8.09. The van der Waals surface area contributed by atoms with Gasteiger partial charge in [0.05, 0.1) is 5.70 Å². The Morgan fingerprint density at radius 2 is 1.88 bits per heavy atom. The van der Waals surface area contributed by atoms with Crippen LogP contribution < -0.4 is 5.32 Å². The van der Waals surface area contributed by atoms with Gasteiger partial charge in [0, 0.05) is 34.2 Å². The van der Waals surface area contributed by atoms with Crippen LogP contribution in [-0.4, -0.2) is 29.9 Å². The molecule has 0 aromatic heterocycles. The monoisotopic (exact) mass is 427 g/mol. The molecule has 2 aromatic carbocycles. The van der Waals surface area contributed by atoms with Crippen LogP contribution >= 0.6 is 0 Å². The number of carbonyl (C=O) groups is 1. The molecule has 0 radical (unpaired) electrons. The van der Waals surface area contributed by atoms with E-state index in [0.29, 0.717) is 17.8 Å². The van der Waals surface area contributed by atoms with Crippen LogP contribution in [0.3, 0.4) is 0 Å². The van der Waals surface area contributed by atoms with E-state index in [2.05, 4.69) is 23.2 Å². The fraction of sp³-hybridized carbons (Fsp3) is 0.259. The van der Waals surface area contributed by atoms with Gasteiger partial charge in [0.15, 0.2) is 12.3 Å². The lowest BCUT2D eigenvalue weighted by atomic mass is 10.0. The third-order valence-electron chi connectivity index (χ3n) is 5.64. The van der Waals surface area contributed by atoms with E-state index < -0.39 is 0 Å². The van der Waals surface area contributed by atoms with Crippen molar-refractivity contribution in [3.05, 3.63) is 111 Å². The van der Waals surface area contributed by atoms with E-state index >= 15 is 0 Å². The van der Waals surface area contributed by atoms with Crippen LogP contribution in [-0.2, 0) is 22.4 Å². The molecule has 5 heteroatoms. The standard InChI is InChI=1S/C27H26N2O3/c1-3-29(31)18-28-25-13-7-12-23(15-20-9-6-8-19(2)14-20)26(30)27(25)32-24-16-21-10-4-5-11-22(21)17-24/h4-6,8-15,24H,3,16-18H2,1-2H3/p+1/b23-15-. The molecule has 0 saturated carbocycles. The molecule has 0 saturated heterocycles. The summed E-state index contributed by atoms with van der Waals surface area (Å²) in [5.41, 5.74) is 8.58. The van der Waals surface area contributed by atoms with Crippen LogP contribution in [0.4, 0.5) is 0 Å². The number of ether oxygens (including phenoxy) is 1. The highest BCUT2D eigenvalue weighted by molar-refractivity contribution is 6.12. The minimum atomic E-state index is -0.222. The predicted molar refractivity (Wildman–Crippen MR) is 125 cm³/mol. The number of fused-ring (bicyclic) bond motifs is 1. The summed E-state index contributed by atoms with van der Waals surface area (Å²) < 4.78 is 7.19. The summed E-state index contributed by atoms with van der Waals surface area (Å²) in [5.74, 6) is 0.00706. The second-order valence-electron chi connectivity index (χ2n) is 8.09. The van der Waals surface area contributed by atoms with Gasteiger partial charge in [-0.1, -0.05) is 54.1 Å². The number of nitroso groups, excluding NO2 is 1. The number of Topliss-reactive ketones (excluding diaryl/α,β-unsaturated/α-hetero) is 1. The number of rotatable bonds is 7. The van der Waals surface area contributed by atoms with E-state index in [1.165, 1.54) is 11.1 Å². The van der Waals surface area contributed by atoms with Gasteiger partial charge in [-0.25, -0.2) is 0 Å². The molecule has 0 unspecified atom stereocenters. The Labute approximate surface area is 188 Å². The van der Waals surface area contributed by atoms with Gasteiger partial charge in [0.25, 0.3) is 6.67 Å². The fourth-order valence-electron chi connectivity index (χ4n) is 3.95. The lowest BCUT2D eigenvalue weighted by molar-refractivity contribution is -0.549. The van der Waals surface area contributed by atoms with Crippen molar-refractivity contribution >= 4 is 11.9 Å². The average molecular weight is 428 g/mol. The van der Waals surface area contributed by atoms with E-state index in [1.807, 2.05) is 49.4 Å². The molecule has 2 aromatic rings. The maximum atomic E-state index is 13.5. The van der Waals surface area contributed by atoms with E-state index in [1.54, 1.807) is 19.1 Å². The second kappa shape index (κ2) is 9.63. The van der Waals surface area contributed by atoms with Crippen molar-refractivity contribution in [2.45, 2.75) is 32.8 Å². The van der Waals surface area contributed by atoms with Crippen molar-refractivity contribution in [2.24, 2.45) is 0 Å². The van der Waals surface area contributed by atoms with Gasteiger partial charge in [-0.15, -0.1) is 5.73 Å². The lowest BCUT2D eigenvalue weighted by Crippen LogP contribution is -2.28. The summed E-state index contributed by atoms with van der Waals surface area (Å²) in [6.07, 6.45) is 6.55. The molecule has 0 amide bonds. The van der Waals surface area contributed by atoms with Gasteiger partial charge in [-0.3, -0.25) is 4.79 Å². The molecule has 0 heterocycles. The number of nitrogens with zero attached hydrogens (tertiary/aromatic N) is 1. The Kier molecular flexibility index (Phi) is 6.48. The number of hydrogen-bond donors (Lipinski definition) is 1. The van der Waals surface area contributed by atoms with Gasteiger partial charge in [-0.2, -0.15) is 0 Å². The number of aryl methyl sites for hydroxylation is 1. The molecule has 0 spiro atoms. The molecule has 2 aliphatic carbocycles. The Bertz CT molecular complexity index is 1160. The number of hydrogen-bond acceptors (Lipinski definition) is 4. The van der Waals surface area contributed by atoms with E-state index in [0.717, 1.165) is 28.7 Å². The average Bonchev–Trinajstić information content (AvgIpc) is 3.15. The molecule has 32 heavy (non-hydrogen) atoms. The highest BCUT2D eigenvalue weighted by atomic mass is 16.5. The van der Waals surface area contributed by atoms with Crippen molar-refractivity contribution in [1.29, 1.82) is 0 Å². The zero-order valence-corrected chi connectivity index (χ0v) is 18.4. The molecule has 0 bridgehead atoms. The summed E-state index contributed by atoms with van der Waals surface area (Å²) in [4.78, 5) is 25.4. The van der Waals surface area contributed by atoms with E-state index in [9.17, 15) is 9.70 Å². The molecule has 162 valence electrons. The number of ketones is 1. The highest BCUT2D eigenvalue weighted by Gasteiger charge is 2.29. The van der Waals surface area contributed by atoms with Crippen molar-refractivity contribution in [2.75, 3.05) is 13.2 Å². The molecular formula is C27H27N2O3+. The smallest absolute Gasteiger partial charge is 0.264 e. The Hall–Kier alpha value is -3.69. The largest absolute Gasteiger partial charge is 0.484 e. The van der Waals surface area contributed by atoms with E-state index in [-0.39, 0.29) is 24.3 Å². The third-order valence-corrected chi connectivity index (χ3v) is 5.64. The van der Waals surface area contributed by atoms with Crippen LogP contribution in [0.15, 0.2) is 83.4 Å². The first kappa shape index (κ1) is 21.5. The van der Waals surface area contributed by atoms with Crippen LogP contribution in [0, 0.1) is 11.8 Å². The summed E-state index contributed by atoms with van der Waals surface area (Å²) in [6.45, 7) is 4.21. The zero-order valence-electron chi connectivity index (χ0n) is 18.4. The van der Waals surface area contributed by atoms with Crippen molar-refractivity contribution < 1.29 is 14.3 Å². The predicted octanol–water partition coefficient (Wildman–Crippen LogP) is 4.41. The Morgan fingerprint density at radius 1 is 1.12 bits per heavy atom. The van der Waals surface area contributed by atoms with Crippen LogP contribution in [0.1, 0.15) is 29.2 Å². The minimum Gasteiger partial charge on any atom is -0.484 e. The van der Waals surface area contributed by atoms with Crippen molar-refractivity contribution in [3.8, 4) is 0 Å². The number of allylic oxidation sites excluding steroid dienone is 2. The number of nitrogens with one attached hydrogen (secondary N) is 1. The molecule has 0 fully saturated rings. The summed E-state index contributed by atoms with van der Waals surface area (Å²) in [6, 6.07) is 16.2. The first-order chi connectivity index (χ1) is 15.5. The lowest BCUT2D eigenvalue weighted by Gasteiger charge is -2.18. The molecule has 0 atom stereocenters. The first-order valence-electron chi connectivity index (χ1n) is 10.9. The van der Waals surface area contributed by atoms with Crippen molar-refractivity contribution in [1.82, 2.24) is 5.32 Å². The van der Waals surface area contributed by atoms with Gasteiger partial charge in [-0.05, 0) is 42.7 Å². The molecule has 4 rings (SSSR count). The normalized spacial score (nSPS) is 16.9. The molecule has 5 nitrogen and oxygen atoms in total. The van der Waals surface area contributed by atoms with Gasteiger partial charge >= 0.3 is 0 Å². The van der Waals surface area contributed by atoms with Gasteiger partial charge < -0.3 is 10.1 Å². The number of benzene rings is 2. The quantitative estimate of drug-likeness (QED) is 0.308. The number of carbonyl (C=O) groups excluding carboxylic acids is 1. The van der Waals surface area contributed by atoms with E-state index in [4.69, 9.17) is 4.74 Å². The minimum absolute atomic E-state index is 0.0615. The molecular weight excluding hydrogens is 400 g/mol. The summed E-state index contributed by atoms with van der Waals surface area (Å²) >= 11 is 0. The molecule has 2 aliphatic rings. The molecule has 1 N–H and O–H groups in total. The zero-order chi connectivity index (χ0) is 22.5. The Balaban J connectivity index is 1.65. The highest BCUT2D eigenvalue weighted by Crippen LogP contribution is 2.28. The van der Waals surface area contributed by atoms with Gasteiger partial charge in [0.1, 0.15) is 6.10 Å². The first-order valence-corrected chi connectivity index (χ1v) is 10.9. The fourth-order valence-corrected chi connectivity index (χ4v) is 3.95.